The number of benzene rings is 2. The van der Waals surface area contributed by atoms with Crippen LogP contribution in [0.3, 0.4) is 0 Å². The summed E-state index contributed by atoms with van der Waals surface area (Å²) in [6.45, 7) is 7.13. The summed E-state index contributed by atoms with van der Waals surface area (Å²) in [5.74, 6) is 0.380. The first-order valence-electron chi connectivity index (χ1n) is 10.0. The third-order valence-electron chi connectivity index (χ3n) is 6.19. The minimum absolute atomic E-state index is 0.0785. The maximum Gasteiger partial charge on any atom is 0.254 e. The van der Waals surface area contributed by atoms with Gasteiger partial charge in [0.25, 0.3) is 5.91 Å². The van der Waals surface area contributed by atoms with Crippen molar-refractivity contribution in [2.45, 2.75) is 39.3 Å². The number of piperidine rings is 1. The van der Waals surface area contributed by atoms with E-state index in [1.165, 1.54) is 17.7 Å². The number of halogens is 1. The van der Waals surface area contributed by atoms with Crippen molar-refractivity contribution in [2.75, 3.05) is 19.6 Å². The summed E-state index contributed by atoms with van der Waals surface area (Å²) in [7, 11) is 0. The second-order valence-corrected chi connectivity index (χ2v) is 8.24. The van der Waals surface area contributed by atoms with Crippen LogP contribution in [0, 0.1) is 25.6 Å². The van der Waals surface area contributed by atoms with E-state index in [0.29, 0.717) is 29.8 Å². The molecule has 0 aliphatic carbocycles. The number of carbonyl (C=O) groups excluding carboxylic acids is 1. The quantitative estimate of drug-likeness (QED) is 0.876. The van der Waals surface area contributed by atoms with Gasteiger partial charge in [-0.15, -0.1) is 0 Å². The lowest BCUT2D eigenvalue weighted by Gasteiger charge is -2.37. The van der Waals surface area contributed by atoms with Crippen LogP contribution in [0.4, 0.5) is 4.39 Å². The number of nitrogens with zero attached hydrogens (tertiary/aromatic N) is 2. The van der Waals surface area contributed by atoms with Gasteiger partial charge in [0, 0.05) is 31.2 Å². The van der Waals surface area contributed by atoms with E-state index in [2.05, 4.69) is 17.0 Å². The van der Waals surface area contributed by atoms with Crippen LogP contribution in [-0.4, -0.2) is 46.5 Å². The van der Waals surface area contributed by atoms with Crippen LogP contribution in [0.25, 0.3) is 0 Å². The van der Waals surface area contributed by atoms with E-state index in [9.17, 15) is 14.3 Å². The van der Waals surface area contributed by atoms with Crippen molar-refractivity contribution in [1.82, 2.24) is 9.80 Å². The molecule has 0 unspecified atom stereocenters. The Hall–Kier alpha value is -2.40. The van der Waals surface area contributed by atoms with E-state index in [1.807, 2.05) is 18.7 Å². The van der Waals surface area contributed by atoms with Gasteiger partial charge in [-0.05, 0) is 74.0 Å². The maximum atomic E-state index is 13.5. The van der Waals surface area contributed by atoms with Gasteiger partial charge >= 0.3 is 0 Å². The van der Waals surface area contributed by atoms with Crippen LogP contribution in [0.1, 0.15) is 39.9 Å². The summed E-state index contributed by atoms with van der Waals surface area (Å²) < 4.78 is 13.5. The summed E-state index contributed by atoms with van der Waals surface area (Å²) in [5, 5.41) is 10.0. The number of fused-ring (bicyclic) bond motifs is 1. The monoisotopic (exact) mass is 382 g/mol. The number of aryl methyl sites for hydroxylation is 2. The molecule has 2 atom stereocenters. The zero-order valence-corrected chi connectivity index (χ0v) is 16.5. The summed E-state index contributed by atoms with van der Waals surface area (Å²) in [6, 6.07) is 10.4. The molecule has 2 saturated heterocycles. The molecule has 1 amide bonds. The van der Waals surface area contributed by atoms with Crippen molar-refractivity contribution >= 4 is 5.91 Å². The Balaban J connectivity index is 1.50. The summed E-state index contributed by atoms with van der Waals surface area (Å²) in [6.07, 6.45) is 2.25. The normalized spacial score (nSPS) is 22.3. The molecule has 4 nitrogen and oxygen atoms in total. The molecule has 0 bridgehead atoms. The third-order valence-corrected chi connectivity index (χ3v) is 6.19. The number of hydrogen-bond acceptors (Lipinski definition) is 3. The fourth-order valence-corrected chi connectivity index (χ4v) is 4.81. The van der Waals surface area contributed by atoms with Crippen molar-refractivity contribution in [3.8, 4) is 5.75 Å². The summed E-state index contributed by atoms with van der Waals surface area (Å²) in [4.78, 5) is 17.2. The van der Waals surface area contributed by atoms with Crippen LogP contribution in [0.2, 0.25) is 0 Å². The first kappa shape index (κ1) is 18.9. The van der Waals surface area contributed by atoms with Gasteiger partial charge in [0.1, 0.15) is 11.6 Å². The Bertz CT molecular complexity index is 875. The molecular formula is C23H27FN2O2. The fraction of sp³-hybridized carbons (Fsp3) is 0.435. The van der Waals surface area contributed by atoms with Crippen LogP contribution in [-0.2, 0) is 6.54 Å². The third kappa shape index (κ3) is 3.63. The molecule has 2 fully saturated rings. The van der Waals surface area contributed by atoms with Crippen LogP contribution in [0.5, 0.6) is 5.75 Å². The van der Waals surface area contributed by atoms with Crippen molar-refractivity contribution < 1.29 is 14.3 Å². The van der Waals surface area contributed by atoms with E-state index in [4.69, 9.17) is 0 Å². The van der Waals surface area contributed by atoms with E-state index in [0.717, 1.165) is 43.6 Å². The molecule has 2 heterocycles. The number of hydrogen-bond donors (Lipinski definition) is 1. The molecular weight excluding hydrogens is 355 g/mol. The molecule has 4 rings (SSSR count). The first-order chi connectivity index (χ1) is 13.4. The number of phenols is 1. The molecule has 2 aliphatic heterocycles. The number of aromatic hydroxyl groups is 1. The molecule has 2 aromatic carbocycles. The Morgan fingerprint density at radius 3 is 2.64 bits per heavy atom. The SMILES string of the molecule is Cc1cc(CN2CCC[C@@H]3CN(C(=O)c4cccc(F)c4)C[C@@H]32)cc(C)c1O. The minimum Gasteiger partial charge on any atom is -0.507 e. The first-order valence-corrected chi connectivity index (χ1v) is 10.0. The summed E-state index contributed by atoms with van der Waals surface area (Å²) in [5.41, 5.74) is 3.43. The van der Waals surface area contributed by atoms with Crippen LogP contribution < -0.4 is 0 Å². The Kier molecular flexibility index (Phi) is 5.11. The number of amides is 1. The van der Waals surface area contributed by atoms with Crippen LogP contribution >= 0.6 is 0 Å². The standard InChI is InChI=1S/C23H27FN2O2/c1-15-9-17(10-16(2)22(15)27)12-25-8-4-6-19-13-26(14-21(19)25)23(28)18-5-3-7-20(24)11-18/h3,5,7,9-11,19,21,27H,4,6,8,12-14H2,1-2H3/t19-,21+/m1/s1. The average Bonchev–Trinajstić information content (AvgIpc) is 3.11. The number of likely N-dealkylation sites (tertiary alicyclic amines) is 2. The van der Waals surface area contributed by atoms with E-state index in [-0.39, 0.29) is 11.7 Å². The van der Waals surface area contributed by atoms with Gasteiger partial charge in [-0.25, -0.2) is 4.39 Å². The van der Waals surface area contributed by atoms with E-state index >= 15 is 0 Å². The van der Waals surface area contributed by atoms with E-state index in [1.54, 1.807) is 12.1 Å². The highest BCUT2D eigenvalue weighted by Crippen LogP contribution is 2.33. The van der Waals surface area contributed by atoms with Gasteiger partial charge in [-0.3, -0.25) is 9.69 Å². The van der Waals surface area contributed by atoms with Crippen molar-refractivity contribution in [2.24, 2.45) is 5.92 Å². The highest BCUT2D eigenvalue weighted by molar-refractivity contribution is 5.94. The largest absolute Gasteiger partial charge is 0.507 e. The molecule has 0 radical (unpaired) electrons. The highest BCUT2D eigenvalue weighted by atomic mass is 19.1. The topological polar surface area (TPSA) is 43.8 Å². The minimum atomic E-state index is -0.373. The second-order valence-electron chi connectivity index (χ2n) is 8.24. The van der Waals surface area contributed by atoms with E-state index < -0.39 is 0 Å². The zero-order valence-electron chi connectivity index (χ0n) is 16.5. The zero-order chi connectivity index (χ0) is 19.8. The smallest absolute Gasteiger partial charge is 0.254 e. The summed E-state index contributed by atoms with van der Waals surface area (Å²) >= 11 is 0. The van der Waals surface area contributed by atoms with Gasteiger partial charge in [-0.1, -0.05) is 18.2 Å². The lowest BCUT2D eigenvalue weighted by atomic mass is 9.91. The highest BCUT2D eigenvalue weighted by Gasteiger charge is 2.40. The van der Waals surface area contributed by atoms with Gasteiger partial charge < -0.3 is 10.0 Å². The molecule has 28 heavy (non-hydrogen) atoms. The van der Waals surface area contributed by atoms with Crippen LogP contribution in [0.15, 0.2) is 36.4 Å². The van der Waals surface area contributed by atoms with Gasteiger partial charge in [0.2, 0.25) is 0 Å². The lowest BCUT2D eigenvalue weighted by molar-refractivity contribution is 0.0774. The Labute approximate surface area is 165 Å². The number of phenolic OH excluding ortho intramolecular Hbond substituents is 1. The Morgan fingerprint density at radius 1 is 1.18 bits per heavy atom. The maximum absolute atomic E-state index is 13.5. The fourth-order valence-electron chi connectivity index (χ4n) is 4.81. The molecule has 2 aromatic rings. The van der Waals surface area contributed by atoms with Gasteiger partial charge in [0.05, 0.1) is 0 Å². The van der Waals surface area contributed by atoms with Crippen molar-refractivity contribution in [1.29, 1.82) is 0 Å². The van der Waals surface area contributed by atoms with Gasteiger partial charge in [-0.2, -0.15) is 0 Å². The molecule has 148 valence electrons. The molecule has 5 heteroatoms. The van der Waals surface area contributed by atoms with Gasteiger partial charge in [0.15, 0.2) is 0 Å². The molecule has 0 aromatic heterocycles. The van der Waals surface area contributed by atoms with Crippen molar-refractivity contribution in [3.63, 3.8) is 0 Å². The molecule has 1 N–H and O–H groups in total. The number of rotatable bonds is 3. The predicted octanol–water partition coefficient (Wildman–Crippen LogP) is 3.88. The molecule has 0 saturated carbocycles. The van der Waals surface area contributed by atoms with Crippen molar-refractivity contribution in [3.05, 3.63) is 64.5 Å². The average molecular weight is 382 g/mol. The second kappa shape index (κ2) is 7.55. The molecule has 0 spiro atoms. The Morgan fingerprint density at radius 2 is 1.93 bits per heavy atom. The molecule has 2 aliphatic rings. The lowest BCUT2D eigenvalue weighted by Crippen LogP contribution is -2.44. The number of carbonyl (C=O) groups is 1. The predicted molar refractivity (Wildman–Crippen MR) is 107 cm³/mol.